The zero-order chi connectivity index (χ0) is 17.5. The summed E-state index contributed by atoms with van der Waals surface area (Å²) in [7, 11) is 0. The van der Waals surface area contributed by atoms with Crippen molar-refractivity contribution < 1.29 is 9.59 Å². The summed E-state index contributed by atoms with van der Waals surface area (Å²) < 4.78 is 0. The zero-order valence-electron chi connectivity index (χ0n) is 14.0. The highest BCUT2D eigenvalue weighted by Crippen LogP contribution is 2.16. The third-order valence-electron chi connectivity index (χ3n) is 3.78. The van der Waals surface area contributed by atoms with Crippen LogP contribution >= 0.6 is 0 Å². The van der Waals surface area contributed by atoms with Gasteiger partial charge in [-0.3, -0.25) is 9.59 Å². The van der Waals surface area contributed by atoms with Crippen LogP contribution in [0.4, 0.5) is 11.4 Å². The SMILES string of the molecule is CCC(C)NC(=O)c1ccccc1NC(=O)Cc1ccc(N)cc1. The van der Waals surface area contributed by atoms with E-state index in [1.54, 1.807) is 36.4 Å². The molecule has 1 atom stereocenters. The van der Waals surface area contributed by atoms with Gasteiger partial charge in [0.05, 0.1) is 17.7 Å². The van der Waals surface area contributed by atoms with Gasteiger partial charge in [0.2, 0.25) is 5.91 Å². The van der Waals surface area contributed by atoms with Gasteiger partial charge in [-0.25, -0.2) is 0 Å². The molecule has 126 valence electrons. The lowest BCUT2D eigenvalue weighted by molar-refractivity contribution is -0.115. The number of nitrogens with one attached hydrogen (secondary N) is 2. The molecule has 0 bridgehead atoms. The molecule has 2 amide bonds. The summed E-state index contributed by atoms with van der Waals surface area (Å²) in [4.78, 5) is 24.6. The molecule has 24 heavy (non-hydrogen) atoms. The summed E-state index contributed by atoms with van der Waals surface area (Å²) in [6, 6.07) is 14.2. The van der Waals surface area contributed by atoms with Gasteiger partial charge in [0, 0.05) is 11.7 Å². The van der Waals surface area contributed by atoms with Gasteiger partial charge in [0.1, 0.15) is 0 Å². The van der Waals surface area contributed by atoms with Crippen LogP contribution < -0.4 is 16.4 Å². The number of amides is 2. The largest absolute Gasteiger partial charge is 0.399 e. The Hall–Kier alpha value is -2.82. The second kappa shape index (κ2) is 8.15. The topological polar surface area (TPSA) is 84.2 Å². The molecule has 2 aromatic rings. The maximum atomic E-state index is 12.3. The molecule has 0 heterocycles. The van der Waals surface area contributed by atoms with E-state index in [1.165, 1.54) is 0 Å². The van der Waals surface area contributed by atoms with E-state index in [9.17, 15) is 9.59 Å². The molecule has 0 aliphatic carbocycles. The maximum absolute atomic E-state index is 12.3. The summed E-state index contributed by atoms with van der Waals surface area (Å²) >= 11 is 0. The predicted octanol–water partition coefficient (Wildman–Crippen LogP) is 2.98. The number of hydrogen-bond donors (Lipinski definition) is 3. The molecule has 5 heteroatoms. The fourth-order valence-corrected chi connectivity index (χ4v) is 2.21. The van der Waals surface area contributed by atoms with Crippen molar-refractivity contribution in [1.82, 2.24) is 5.32 Å². The number of carbonyl (C=O) groups excluding carboxylic acids is 2. The Bertz CT molecular complexity index is 711. The molecule has 0 saturated heterocycles. The van der Waals surface area contributed by atoms with Crippen LogP contribution in [-0.2, 0) is 11.2 Å². The number of nitrogens with two attached hydrogens (primary N) is 1. The minimum Gasteiger partial charge on any atom is -0.399 e. The average molecular weight is 325 g/mol. The van der Waals surface area contributed by atoms with Crippen molar-refractivity contribution in [2.45, 2.75) is 32.7 Å². The summed E-state index contributed by atoms with van der Waals surface area (Å²) in [6.45, 7) is 3.95. The summed E-state index contributed by atoms with van der Waals surface area (Å²) in [5.74, 6) is -0.365. The van der Waals surface area contributed by atoms with Crippen molar-refractivity contribution >= 4 is 23.2 Å². The van der Waals surface area contributed by atoms with E-state index in [0.29, 0.717) is 16.9 Å². The molecule has 2 rings (SSSR count). The average Bonchev–Trinajstić information content (AvgIpc) is 2.57. The van der Waals surface area contributed by atoms with Gasteiger partial charge in [-0.15, -0.1) is 0 Å². The Kier molecular flexibility index (Phi) is 5.95. The van der Waals surface area contributed by atoms with Gasteiger partial charge < -0.3 is 16.4 Å². The Morgan fingerprint density at radius 1 is 1.08 bits per heavy atom. The van der Waals surface area contributed by atoms with E-state index in [-0.39, 0.29) is 24.3 Å². The van der Waals surface area contributed by atoms with E-state index in [4.69, 9.17) is 5.73 Å². The highest BCUT2D eigenvalue weighted by molar-refractivity contribution is 6.04. The number of nitrogen functional groups attached to an aromatic ring is 1. The summed E-state index contributed by atoms with van der Waals surface area (Å²) in [6.07, 6.45) is 1.07. The molecule has 0 fully saturated rings. The van der Waals surface area contributed by atoms with Crippen molar-refractivity contribution in [3.8, 4) is 0 Å². The summed E-state index contributed by atoms with van der Waals surface area (Å²) in [5, 5.41) is 5.73. The fraction of sp³-hybridized carbons (Fsp3) is 0.263. The lowest BCUT2D eigenvalue weighted by Crippen LogP contribution is -2.32. The summed E-state index contributed by atoms with van der Waals surface area (Å²) in [5.41, 5.74) is 8.14. The van der Waals surface area contributed by atoms with Crippen LogP contribution in [-0.4, -0.2) is 17.9 Å². The minimum absolute atomic E-state index is 0.0797. The number of anilines is 2. The Balaban J connectivity index is 2.07. The molecule has 0 saturated carbocycles. The third kappa shape index (κ3) is 4.84. The van der Waals surface area contributed by atoms with E-state index in [1.807, 2.05) is 26.0 Å². The number of para-hydroxylation sites is 1. The lowest BCUT2D eigenvalue weighted by Gasteiger charge is -2.14. The highest BCUT2D eigenvalue weighted by atomic mass is 16.2. The smallest absolute Gasteiger partial charge is 0.253 e. The monoisotopic (exact) mass is 325 g/mol. The molecular formula is C19H23N3O2. The molecule has 0 spiro atoms. The van der Waals surface area contributed by atoms with E-state index in [2.05, 4.69) is 10.6 Å². The van der Waals surface area contributed by atoms with Crippen molar-refractivity contribution in [1.29, 1.82) is 0 Å². The van der Waals surface area contributed by atoms with Gasteiger partial charge in [0.15, 0.2) is 0 Å². The first-order chi connectivity index (χ1) is 11.5. The predicted molar refractivity (Wildman–Crippen MR) is 96.8 cm³/mol. The molecule has 4 N–H and O–H groups in total. The van der Waals surface area contributed by atoms with Crippen LogP contribution in [0, 0.1) is 0 Å². The number of benzene rings is 2. The second-order valence-corrected chi connectivity index (χ2v) is 5.79. The molecule has 0 aromatic heterocycles. The molecule has 0 radical (unpaired) electrons. The molecule has 1 unspecified atom stereocenters. The van der Waals surface area contributed by atoms with Crippen LogP contribution in [0.1, 0.15) is 36.2 Å². The van der Waals surface area contributed by atoms with Crippen LogP contribution in [0.2, 0.25) is 0 Å². The van der Waals surface area contributed by atoms with Gasteiger partial charge in [0.25, 0.3) is 5.91 Å². The van der Waals surface area contributed by atoms with Crippen molar-refractivity contribution in [3.63, 3.8) is 0 Å². The molecule has 0 aliphatic heterocycles. The maximum Gasteiger partial charge on any atom is 0.253 e. The fourth-order valence-electron chi connectivity index (χ4n) is 2.21. The number of hydrogen-bond acceptors (Lipinski definition) is 3. The van der Waals surface area contributed by atoms with Gasteiger partial charge >= 0.3 is 0 Å². The quantitative estimate of drug-likeness (QED) is 0.714. The van der Waals surface area contributed by atoms with Crippen LogP contribution in [0.25, 0.3) is 0 Å². The molecule has 0 aliphatic rings. The third-order valence-corrected chi connectivity index (χ3v) is 3.78. The second-order valence-electron chi connectivity index (χ2n) is 5.79. The van der Waals surface area contributed by atoms with Crippen LogP contribution in [0.15, 0.2) is 48.5 Å². The first-order valence-corrected chi connectivity index (χ1v) is 8.03. The van der Waals surface area contributed by atoms with Crippen LogP contribution in [0.5, 0.6) is 0 Å². The van der Waals surface area contributed by atoms with Gasteiger partial charge in [-0.05, 0) is 43.2 Å². The Morgan fingerprint density at radius 2 is 1.75 bits per heavy atom. The Morgan fingerprint density at radius 3 is 2.42 bits per heavy atom. The minimum atomic E-state index is -0.187. The zero-order valence-corrected chi connectivity index (χ0v) is 14.0. The molecular weight excluding hydrogens is 302 g/mol. The Labute approximate surface area is 142 Å². The first kappa shape index (κ1) is 17.5. The van der Waals surface area contributed by atoms with E-state index >= 15 is 0 Å². The highest BCUT2D eigenvalue weighted by Gasteiger charge is 2.14. The molecule has 2 aromatic carbocycles. The van der Waals surface area contributed by atoms with Gasteiger partial charge in [-0.1, -0.05) is 31.2 Å². The lowest BCUT2D eigenvalue weighted by atomic mass is 10.1. The van der Waals surface area contributed by atoms with Gasteiger partial charge in [-0.2, -0.15) is 0 Å². The van der Waals surface area contributed by atoms with Crippen LogP contribution in [0.3, 0.4) is 0 Å². The molecule has 5 nitrogen and oxygen atoms in total. The number of rotatable bonds is 6. The van der Waals surface area contributed by atoms with Crippen molar-refractivity contribution in [2.75, 3.05) is 11.1 Å². The normalized spacial score (nSPS) is 11.6. The van der Waals surface area contributed by atoms with E-state index in [0.717, 1.165) is 12.0 Å². The van der Waals surface area contributed by atoms with Crippen molar-refractivity contribution in [3.05, 3.63) is 59.7 Å². The first-order valence-electron chi connectivity index (χ1n) is 8.03. The number of carbonyl (C=O) groups is 2. The van der Waals surface area contributed by atoms with Crippen molar-refractivity contribution in [2.24, 2.45) is 0 Å². The van der Waals surface area contributed by atoms with E-state index < -0.39 is 0 Å². The standard InChI is InChI=1S/C19H23N3O2/c1-3-13(2)21-19(24)16-6-4-5-7-17(16)22-18(23)12-14-8-10-15(20)11-9-14/h4-11,13H,3,12,20H2,1-2H3,(H,21,24)(H,22,23).